The largest absolute Gasteiger partial charge is 0.478 e. The second-order valence-corrected chi connectivity index (χ2v) is 4.84. The molecular formula is C12H14O4S. The smallest absolute Gasteiger partial charge is 0.336 e. The van der Waals surface area contributed by atoms with Crippen LogP contribution >= 0.6 is 11.3 Å². The number of carbonyl (C=O) groups excluding carboxylic acids is 1. The van der Waals surface area contributed by atoms with E-state index in [2.05, 4.69) is 0 Å². The van der Waals surface area contributed by atoms with E-state index in [1.54, 1.807) is 6.08 Å². The third-order valence-electron chi connectivity index (χ3n) is 1.81. The highest BCUT2D eigenvalue weighted by molar-refractivity contribution is 7.11. The molecule has 0 saturated heterocycles. The molecule has 0 saturated carbocycles. The Labute approximate surface area is 104 Å². The van der Waals surface area contributed by atoms with Crippen molar-refractivity contribution in [2.24, 2.45) is 5.92 Å². The molecule has 17 heavy (non-hydrogen) atoms. The summed E-state index contributed by atoms with van der Waals surface area (Å²) < 4.78 is 4.94. The van der Waals surface area contributed by atoms with Crippen molar-refractivity contribution < 1.29 is 19.4 Å². The second-order valence-electron chi connectivity index (χ2n) is 3.90. The third-order valence-corrected chi connectivity index (χ3v) is 2.71. The number of rotatable bonds is 5. The fraction of sp³-hybridized carbons (Fsp3) is 0.333. The molecule has 0 aliphatic heterocycles. The molecule has 1 N–H and O–H groups in total. The van der Waals surface area contributed by atoms with E-state index in [0.717, 1.165) is 0 Å². The monoisotopic (exact) mass is 254 g/mol. The maximum Gasteiger partial charge on any atom is 0.336 e. The molecular weight excluding hydrogens is 240 g/mol. The van der Waals surface area contributed by atoms with Crippen LogP contribution < -0.4 is 0 Å². The van der Waals surface area contributed by atoms with Gasteiger partial charge in [-0.1, -0.05) is 13.8 Å². The van der Waals surface area contributed by atoms with Gasteiger partial charge in [0.1, 0.15) is 0 Å². The molecule has 1 aromatic heterocycles. The van der Waals surface area contributed by atoms with E-state index in [0.29, 0.717) is 17.4 Å². The van der Waals surface area contributed by atoms with Crippen molar-refractivity contribution in [2.45, 2.75) is 13.8 Å². The molecule has 0 unspecified atom stereocenters. The van der Waals surface area contributed by atoms with Crippen molar-refractivity contribution in [2.75, 3.05) is 6.61 Å². The Hall–Kier alpha value is -1.62. The number of hydrogen-bond donors (Lipinski definition) is 1. The quantitative estimate of drug-likeness (QED) is 0.648. The number of carboxylic acid groups (broad SMARTS) is 1. The maximum atomic E-state index is 11.2. The van der Waals surface area contributed by atoms with Crippen molar-refractivity contribution in [3.63, 3.8) is 0 Å². The van der Waals surface area contributed by atoms with Gasteiger partial charge in [0.2, 0.25) is 0 Å². The first-order valence-corrected chi connectivity index (χ1v) is 6.03. The zero-order chi connectivity index (χ0) is 12.8. The number of thiophene rings is 1. The van der Waals surface area contributed by atoms with Crippen LogP contribution in [0.25, 0.3) is 6.08 Å². The highest BCUT2D eigenvalue weighted by Crippen LogP contribution is 2.16. The summed E-state index contributed by atoms with van der Waals surface area (Å²) in [6.45, 7) is 4.29. The van der Waals surface area contributed by atoms with Crippen LogP contribution in [0.3, 0.4) is 0 Å². The summed E-state index contributed by atoms with van der Waals surface area (Å²) in [5.41, 5.74) is 0.227. The Morgan fingerprint density at radius 2 is 2.24 bits per heavy atom. The topological polar surface area (TPSA) is 63.6 Å². The van der Waals surface area contributed by atoms with Gasteiger partial charge < -0.3 is 9.84 Å². The highest BCUT2D eigenvalue weighted by atomic mass is 32.1. The minimum Gasteiger partial charge on any atom is -0.478 e. The third kappa shape index (κ3) is 4.82. The summed E-state index contributed by atoms with van der Waals surface area (Å²) in [5, 5.41) is 10.2. The lowest BCUT2D eigenvalue weighted by molar-refractivity contribution is -0.138. The van der Waals surface area contributed by atoms with Crippen LogP contribution in [-0.4, -0.2) is 23.7 Å². The van der Waals surface area contributed by atoms with Crippen molar-refractivity contribution in [1.82, 2.24) is 0 Å². The lowest BCUT2D eigenvalue weighted by atomic mass is 10.2. The summed E-state index contributed by atoms with van der Waals surface area (Å²) >= 11 is 1.27. The number of aromatic carboxylic acids is 1. The Kier molecular flexibility index (Phi) is 4.90. The molecule has 5 heteroatoms. The summed E-state index contributed by atoms with van der Waals surface area (Å²) in [6.07, 6.45) is 2.86. The van der Waals surface area contributed by atoms with Gasteiger partial charge in [0, 0.05) is 16.3 Å². The Bertz CT molecular complexity index is 431. The minimum absolute atomic E-state index is 0.227. The first kappa shape index (κ1) is 13.4. The van der Waals surface area contributed by atoms with E-state index in [9.17, 15) is 9.59 Å². The van der Waals surface area contributed by atoms with Gasteiger partial charge in [0.05, 0.1) is 12.2 Å². The van der Waals surface area contributed by atoms with E-state index in [1.807, 2.05) is 13.8 Å². The van der Waals surface area contributed by atoms with Gasteiger partial charge in [-0.2, -0.15) is 0 Å². The molecule has 0 aromatic carbocycles. The first-order chi connectivity index (χ1) is 7.99. The summed E-state index contributed by atoms with van der Waals surface area (Å²) in [6, 6.07) is 1.51. The fourth-order valence-electron chi connectivity index (χ4n) is 0.999. The van der Waals surface area contributed by atoms with Crippen molar-refractivity contribution in [1.29, 1.82) is 0 Å². The van der Waals surface area contributed by atoms with Crippen LogP contribution in [0.2, 0.25) is 0 Å². The van der Waals surface area contributed by atoms with Gasteiger partial charge >= 0.3 is 11.9 Å². The van der Waals surface area contributed by atoms with Gasteiger partial charge in [-0.25, -0.2) is 9.59 Å². The summed E-state index contributed by atoms with van der Waals surface area (Å²) in [5.74, 6) is -1.08. The Morgan fingerprint density at radius 1 is 1.53 bits per heavy atom. The molecule has 92 valence electrons. The number of carbonyl (C=O) groups is 2. The average Bonchev–Trinajstić information content (AvgIpc) is 2.72. The second kappa shape index (κ2) is 6.20. The lowest BCUT2D eigenvalue weighted by Gasteiger charge is -2.03. The van der Waals surface area contributed by atoms with Gasteiger partial charge in [0.25, 0.3) is 0 Å². The van der Waals surface area contributed by atoms with E-state index in [1.165, 1.54) is 28.9 Å². The van der Waals surface area contributed by atoms with Crippen molar-refractivity contribution in [3.8, 4) is 0 Å². The van der Waals surface area contributed by atoms with Gasteiger partial charge in [-0.3, -0.25) is 0 Å². The SMILES string of the molecule is CC(C)COC(=O)/C=C/c1cc(C(=O)O)cs1. The maximum absolute atomic E-state index is 11.2. The normalized spacial score (nSPS) is 11.0. The van der Waals surface area contributed by atoms with Crippen LogP contribution in [0, 0.1) is 5.92 Å². The minimum atomic E-state index is -0.969. The van der Waals surface area contributed by atoms with Crippen molar-refractivity contribution in [3.05, 3.63) is 28.0 Å². The number of carboxylic acids is 1. The van der Waals surface area contributed by atoms with Crippen molar-refractivity contribution >= 4 is 29.4 Å². The molecule has 0 fully saturated rings. The predicted molar refractivity (Wildman–Crippen MR) is 66.1 cm³/mol. The lowest BCUT2D eigenvalue weighted by Crippen LogP contribution is -2.06. The molecule has 1 rings (SSSR count). The van der Waals surface area contributed by atoms with E-state index >= 15 is 0 Å². The molecule has 0 bridgehead atoms. The Morgan fingerprint density at radius 3 is 2.76 bits per heavy atom. The van der Waals surface area contributed by atoms with Crippen LogP contribution in [0.5, 0.6) is 0 Å². The number of ether oxygens (including phenoxy) is 1. The Balaban J connectivity index is 2.52. The predicted octanol–water partition coefficient (Wildman–Crippen LogP) is 2.66. The van der Waals surface area contributed by atoms with Gasteiger partial charge in [0.15, 0.2) is 0 Å². The highest BCUT2D eigenvalue weighted by Gasteiger charge is 2.05. The molecule has 0 aliphatic carbocycles. The molecule has 0 atom stereocenters. The zero-order valence-corrected chi connectivity index (χ0v) is 10.5. The van der Waals surface area contributed by atoms with Crippen LogP contribution in [0.15, 0.2) is 17.5 Å². The molecule has 0 radical (unpaired) electrons. The standard InChI is InChI=1S/C12H14O4S/c1-8(2)6-16-11(13)4-3-10-5-9(7-17-10)12(14)15/h3-5,7-8H,6H2,1-2H3,(H,14,15)/b4-3+. The fourth-order valence-corrected chi connectivity index (χ4v) is 1.77. The average molecular weight is 254 g/mol. The zero-order valence-electron chi connectivity index (χ0n) is 9.67. The molecule has 0 aliphatic rings. The molecule has 4 nitrogen and oxygen atoms in total. The van der Waals surface area contributed by atoms with E-state index in [4.69, 9.17) is 9.84 Å². The van der Waals surface area contributed by atoms with Crippen LogP contribution in [0.1, 0.15) is 29.1 Å². The number of esters is 1. The van der Waals surface area contributed by atoms with Crippen LogP contribution in [0.4, 0.5) is 0 Å². The first-order valence-electron chi connectivity index (χ1n) is 5.15. The molecule has 0 amide bonds. The van der Waals surface area contributed by atoms with E-state index in [-0.39, 0.29) is 5.56 Å². The van der Waals surface area contributed by atoms with Gasteiger partial charge in [-0.05, 0) is 18.1 Å². The molecule has 1 aromatic rings. The van der Waals surface area contributed by atoms with Crippen LogP contribution in [-0.2, 0) is 9.53 Å². The summed E-state index contributed by atoms with van der Waals surface area (Å²) in [4.78, 5) is 22.6. The summed E-state index contributed by atoms with van der Waals surface area (Å²) in [7, 11) is 0. The molecule has 0 spiro atoms. The molecule has 1 heterocycles. The number of hydrogen-bond acceptors (Lipinski definition) is 4. The van der Waals surface area contributed by atoms with Gasteiger partial charge in [-0.15, -0.1) is 11.3 Å². The van der Waals surface area contributed by atoms with E-state index < -0.39 is 11.9 Å².